The Bertz CT molecular complexity index is 787. The Labute approximate surface area is 155 Å². The van der Waals surface area contributed by atoms with E-state index in [2.05, 4.69) is 10.3 Å². The van der Waals surface area contributed by atoms with Gasteiger partial charge in [0.2, 0.25) is 0 Å². The lowest BCUT2D eigenvalue weighted by molar-refractivity contribution is -0.154. The predicted octanol–water partition coefficient (Wildman–Crippen LogP) is 3.48. The van der Waals surface area contributed by atoms with Gasteiger partial charge in [-0.15, -0.1) is 11.3 Å². The standard InChI is InChI=1S/C19H21FN2O3S/c1-12(18(24)21-15-7-2-3-8-15)25-17(23)10-16-11-26-19(22-16)13-5-4-6-14(20)9-13/h4-6,9,11-12,15H,2-3,7-8,10H2,1H3,(H,21,24)/t12-/m1/s1. The first-order valence-corrected chi connectivity index (χ1v) is 9.59. The summed E-state index contributed by atoms with van der Waals surface area (Å²) in [6.07, 6.45) is 3.35. The van der Waals surface area contributed by atoms with Gasteiger partial charge in [0.25, 0.3) is 5.91 Å². The van der Waals surface area contributed by atoms with E-state index in [1.165, 1.54) is 23.5 Å². The molecule has 0 bridgehead atoms. The molecule has 1 aromatic heterocycles. The quantitative estimate of drug-likeness (QED) is 0.784. The van der Waals surface area contributed by atoms with Crippen molar-refractivity contribution in [3.05, 3.63) is 41.2 Å². The van der Waals surface area contributed by atoms with Crippen LogP contribution >= 0.6 is 11.3 Å². The first-order chi connectivity index (χ1) is 12.5. The zero-order chi connectivity index (χ0) is 18.5. The molecule has 138 valence electrons. The number of rotatable bonds is 6. The van der Waals surface area contributed by atoms with Crippen molar-refractivity contribution >= 4 is 23.2 Å². The molecular formula is C19H21FN2O3S. The first kappa shape index (κ1) is 18.5. The van der Waals surface area contributed by atoms with Crippen LogP contribution in [0.15, 0.2) is 29.6 Å². The van der Waals surface area contributed by atoms with E-state index in [0.717, 1.165) is 25.7 Å². The third-order valence-electron chi connectivity index (χ3n) is 4.33. The molecule has 5 nitrogen and oxygen atoms in total. The average molecular weight is 376 g/mol. The summed E-state index contributed by atoms with van der Waals surface area (Å²) < 4.78 is 18.5. The van der Waals surface area contributed by atoms with Gasteiger partial charge >= 0.3 is 5.97 Å². The van der Waals surface area contributed by atoms with E-state index in [1.807, 2.05) is 0 Å². The zero-order valence-corrected chi connectivity index (χ0v) is 15.4. The van der Waals surface area contributed by atoms with Gasteiger partial charge in [-0.25, -0.2) is 9.37 Å². The van der Waals surface area contributed by atoms with Gasteiger partial charge < -0.3 is 10.1 Å². The summed E-state index contributed by atoms with van der Waals surface area (Å²) in [7, 11) is 0. The Hall–Kier alpha value is -2.28. The van der Waals surface area contributed by atoms with Crippen LogP contribution in [0.1, 0.15) is 38.3 Å². The topological polar surface area (TPSA) is 68.3 Å². The highest BCUT2D eigenvalue weighted by Crippen LogP contribution is 2.24. The Morgan fingerprint density at radius 1 is 1.38 bits per heavy atom. The van der Waals surface area contributed by atoms with Crippen molar-refractivity contribution in [2.45, 2.75) is 51.2 Å². The Morgan fingerprint density at radius 2 is 2.15 bits per heavy atom. The van der Waals surface area contributed by atoms with E-state index in [0.29, 0.717) is 16.3 Å². The Kier molecular flexibility index (Phi) is 5.98. The van der Waals surface area contributed by atoms with Crippen LogP contribution < -0.4 is 5.32 Å². The molecule has 7 heteroatoms. The molecule has 26 heavy (non-hydrogen) atoms. The fourth-order valence-corrected chi connectivity index (χ4v) is 3.79. The van der Waals surface area contributed by atoms with Gasteiger partial charge in [0.05, 0.1) is 12.1 Å². The minimum atomic E-state index is -0.829. The smallest absolute Gasteiger partial charge is 0.312 e. The summed E-state index contributed by atoms with van der Waals surface area (Å²) >= 11 is 1.33. The first-order valence-electron chi connectivity index (χ1n) is 8.71. The summed E-state index contributed by atoms with van der Waals surface area (Å²) in [5.74, 6) is -1.10. The van der Waals surface area contributed by atoms with E-state index in [1.54, 1.807) is 24.4 Å². The van der Waals surface area contributed by atoms with Crippen molar-refractivity contribution in [2.24, 2.45) is 0 Å². The second kappa shape index (κ2) is 8.40. The third kappa shape index (κ3) is 4.88. The lowest BCUT2D eigenvalue weighted by atomic mass is 10.2. The fourth-order valence-electron chi connectivity index (χ4n) is 2.97. The normalized spacial score (nSPS) is 15.6. The van der Waals surface area contributed by atoms with Gasteiger partial charge in [-0.1, -0.05) is 25.0 Å². The van der Waals surface area contributed by atoms with Crippen LogP contribution in [0.4, 0.5) is 4.39 Å². The number of benzene rings is 1. The molecule has 1 aliphatic carbocycles. The Balaban J connectivity index is 1.52. The number of halogens is 1. The number of hydrogen-bond donors (Lipinski definition) is 1. The molecule has 1 saturated carbocycles. The molecule has 3 rings (SSSR count). The molecule has 0 radical (unpaired) electrons. The van der Waals surface area contributed by atoms with E-state index >= 15 is 0 Å². The van der Waals surface area contributed by atoms with Crippen molar-refractivity contribution in [1.82, 2.24) is 10.3 Å². The predicted molar refractivity (Wildman–Crippen MR) is 97.2 cm³/mol. The van der Waals surface area contributed by atoms with Crippen LogP contribution in [0, 0.1) is 5.82 Å². The van der Waals surface area contributed by atoms with Crippen molar-refractivity contribution in [1.29, 1.82) is 0 Å². The van der Waals surface area contributed by atoms with E-state index < -0.39 is 12.1 Å². The highest BCUT2D eigenvalue weighted by Gasteiger charge is 2.23. The number of amides is 1. The molecule has 1 aromatic carbocycles. The van der Waals surface area contributed by atoms with Crippen LogP contribution in [0.25, 0.3) is 10.6 Å². The molecule has 1 amide bonds. The number of carbonyl (C=O) groups excluding carboxylic acids is 2. The number of aromatic nitrogens is 1. The number of esters is 1. The van der Waals surface area contributed by atoms with Crippen molar-refractivity contribution in [2.75, 3.05) is 0 Å². The lowest BCUT2D eigenvalue weighted by Crippen LogP contribution is -2.41. The van der Waals surface area contributed by atoms with Crippen LogP contribution in [-0.2, 0) is 20.7 Å². The average Bonchev–Trinajstić information content (AvgIpc) is 3.26. The summed E-state index contributed by atoms with van der Waals surface area (Å²) in [5, 5.41) is 5.29. The maximum absolute atomic E-state index is 13.3. The minimum Gasteiger partial charge on any atom is -0.452 e. The van der Waals surface area contributed by atoms with E-state index in [4.69, 9.17) is 4.74 Å². The van der Waals surface area contributed by atoms with Crippen LogP contribution in [0.3, 0.4) is 0 Å². The molecule has 1 fully saturated rings. The maximum atomic E-state index is 13.3. The number of thiazole rings is 1. The van der Waals surface area contributed by atoms with Gasteiger partial charge in [-0.3, -0.25) is 9.59 Å². The minimum absolute atomic E-state index is 0.0210. The molecule has 2 aromatic rings. The molecule has 0 aliphatic heterocycles. The molecule has 1 heterocycles. The monoisotopic (exact) mass is 376 g/mol. The molecule has 1 atom stereocenters. The summed E-state index contributed by atoms with van der Waals surface area (Å²) in [4.78, 5) is 28.5. The van der Waals surface area contributed by atoms with Crippen LogP contribution in [0.5, 0.6) is 0 Å². The van der Waals surface area contributed by atoms with Crippen molar-refractivity contribution in [3.8, 4) is 10.6 Å². The third-order valence-corrected chi connectivity index (χ3v) is 5.27. The van der Waals surface area contributed by atoms with Gasteiger partial charge in [-0.2, -0.15) is 0 Å². The summed E-state index contributed by atoms with van der Waals surface area (Å²) in [6.45, 7) is 1.57. The van der Waals surface area contributed by atoms with E-state index in [9.17, 15) is 14.0 Å². The number of hydrogen-bond acceptors (Lipinski definition) is 5. The highest BCUT2D eigenvalue weighted by atomic mass is 32.1. The number of nitrogens with one attached hydrogen (secondary N) is 1. The second-order valence-corrected chi connectivity index (χ2v) is 7.31. The van der Waals surface area contributed by atoms with Gasteiger partial charge in [0.15, 0.2) is 6.10 Å². The molecule has 0 spiro atoms. The van der Waals surface area contributed by atoms with Crippen molar-refractivity contribution in [3.63, 3.8) is 0 Å². The van der Waals surface area contributed by atoms with Gasteiger partial charge in [0, 0.05) is 17.0 Å². The fraction of sp³-hybridized carbons (Fsp3) is 0.421. The van der Waals surface area contributed by atoms with E-state index in [-0.39, 0.29) is 24.2 Å². The van der Waals surface area contributed by atoms with Gasteiger partial charge in [0.1, 0.15) is 10.8 Å². The number of nitrogens with zero attached hydrogens (tertiary/aromatic N) is 1. The molecule has 1 aliphatic rings. The molecular weight excluding hydrogens is 355 g/mol. The van der Waals surface area contributed by atoms with Crippen LogP contribution in [0.2, 0.25) is 0 Å². The second-order valence-electron chi connectivity index (χ2n) is 6.45. The molecule has 0 unspecified atom stereocenters. The summed E-state index contributed by atoms with van der Waals surface area (Å²) in [6, 6.07) is 6.34. The van der Waals surface area contributed by atoms with Gasteiger partial charge in [-0.05, 0) is 31.9 Å². The molecule has 0 saturated heterocycles. The number of ether oxygens (including phenoxy) is 1. The SMILES string of the molecule is C[C@@H](OC(=O)Cc1csc(-c2cccc(F)c2)n1)C(=O)NC1CCCC1. The summed E-state index contributed by atoms with van der Waals surface area (Å²) in [5.41, 5.74) is 1.21. The number of carbonyl (C=O) groups is 2. The van der Waals surface area contributed by atoms with Crippen molar-refractivity contribution < 1.29 is 18.7 Å². The Morgan fingerprint density at radius 3 is 2.88 bits per heavy atom. The van der Waals surface area contributed by atoms with Crippen LogP contribution in [-0.4, -0.2) is 29.0 Å². The lowest BCUT2D eigenvalue weighted by Gasteiger charge is -2.16. The highest BCUT2D eigenvalue weighted by molar-refractivity contribution is 7.13. The zero-order valence-electron chi connectivity index (χ0n) is 14.5. The maximum Gasteiger partial charge on any atom is 0.312 e. The molecule has 1 N–H and O–H groups in total. The largest absolute Gasteiger partial charge is 0.452 e.